The van der Waals surface area contributed by atoms with Crippen molar-refractivity contribution >= 4 is 34.1 Å². The third kappa shape index (κ3) is 5.40. The molecule has 222 valence electrons. The molecule has 0 saturated heterocycles. The Morgan fingerprint density at radius 2 is 1.77 bits per heavy atom. The lowest BCUT2D eigenvalue weighted by Crippen LogP contribution is -2.29. The largest absolute Gasteiger partial charge is 0.494 e. The van der Waals surface area contributed by atoms with Gasteiger partial charge in [0, 0.05) is 60.2 Å². The van der Waals surface area contributed by atoms with E-state index in [0.29, 0.717) is 40.0 Å². The van der Waals surface area contributed by atoms with Crippen molar-refractivity contribution in [1.82, 2.24) is 9.55 Å². The van der Waals surface area contributed by atoms with Crippen molar-refractivity contribution in [2.75, 3.05) is 24.4 Å². The SMILES string of the molecule is COc1cc2nccc(Oc3ccc(NC(=O)c4c5c(cn(-c6ccc(F)cc6)c4=O)CCO5)cc3F)c2cc1NC(C)=O. The molecule has 0 bridgehead atoms. The fourth-order valence-electron chi connectivity index (χ4n) is 4.92. The number of benzene rings is 3. The van der Waals surface area contributed by atoms with Crippen LogP contribution in [0.15, 0.2) is 77.9 Å². The maximum atomic E-state index is 15.3. The Morgan fingerprint density at radius 1 is 0.977 bits per heavy atom. The highest BCUT2D eigenvalue weighted by atomic mass is 19.1. The van der Waals surface area contributed by atoms with Gasteiger partial charge in [-0.3, -0.25) is 23.9 Å². The molecule has 0 atom stereocenters. The molecule has 6 rings (SSSR count). The molecule has 1 aliphatic heterocycles. The summed E-state index contributed by atoms with van der Waals surface area (Å²) in [4.78, 5) is 42.7. The van der Waals surface area contributed by atoms with Gasteiger partial charge in [-0.1, -0.05) is 0 Å². The first-order chi connectivity index (χ1) is 21.2. The van der Waals surface area contributed by atoms with Gasteiger partial charge in [0.05, 0.1) is 24.9 Å². The number of carbonyl (C=O) groups excluding carboxylic acids is 2. The molecule has 0 aliphatic carbocycles. The van der Waals surface area contributed by atoms with E-state index in [2.05, 4.69) is 15.6 Å². The van der Waals surface area contributed by atoms with Gasteiger partial charge in [0.15, 0.2) is 11.6 Å². The normalized spacial score (nSPS) is 11.9. The minimum Gasteiger partial charge on any atom is -0.494 e. The van der Waals surface area contributed by atoms with E-state index in [9.17, 15) is 18.8 Å². The number of aromatic nitrogens is 2. The molecule has 12 heteroatoms. The number of carbonyl (C=O) groups is 2. The number of hydrogen-bond acceptors (Lipinski definition) is 7. The zero-order valence-corrected chi connectivity index (χ0v) is 23.4. The van der Waals surface area contributed by atoms with Gasteiger partial charge >= 0.3 is 0 Å². The number of nitrogens with zero attached hydrogens (tertiary/aromatic N) is 2. The van der Waals surface area contributed by atoms with Gasteiger partial charge < -0.3 is 24.8 Å². The van der Waals surface area contributed by atoms with E-state index in [1.165, 1.54) is 61.2 Å². The molecule has 3 aromatic carbocycles. The van der Waals surface area contributed by atoms with E-state index < -0.39 is 23.1 Å². The van der Waals surface area contributed by atoms with Crippen molar-refractivity contribution in [2.45, 2.75) is 13.3 Å². The molecular formula is C32H24F2N4O6. The Labute approximate surface area is 248 Å². The van der Waals surface area contributed by atoms with E-state index in [-0.39, 0.29) is 41.0 Å². The van der Waals surface area contributed by atoms with Crippen LogP contribution >= 0.6 is 0 Å². The lowest BCUT2D eigenvalue weighted by molar-refractivity contribution is -0.114. The lowest BCUT2D eigenvalue weighted by Gasteiger charge is -2.15. The minimum atomic E-state index is -0.794. The van der Waals surface area contributed by atoms with Crippen LogP contribution in [0.4, 0.5) is 20.2 Å². The average Bonchev–Trinajstić information content (AvgIpc) is 3.46. The van der Waals surface area contributed by atoms with Gasteiger partial charge in [0.25, 0.3) is 11.5 Å². The van der Waals surface area contributed by atoms with Gasteiger partial charge in [0.2, 0.25) is 5.91 Å². The molecule has 2 aromatic heterocycles. The summed E-state index contributed by atoms with van der Waals surface area (Å²) in [6.45, 7) is 1.64. The number of fused-ring (bicyclic) bond motifs is 2. The molecular weight excluding hydrogens is 574 g/mol. The van der Waals surface area contributed by atoms with Crippen LogP contribution in [-0.4, -0.2) is 35.1 Å². The van der Waals surface area contributed by atoms with Gasteiger partial charge in [-0.05, 0) is 48.5 Å². The van der Waals surface area contributed by atoms with Crippen LogP contribution in [0, 0.1) is 11.6 Å². The topological polar surface area (TPSA) is 121 Å². The highest BCUT2D eigenvalue weighted by Crippen LogP contribution is 2.37. The molecule has 2 N–H and O–H groups in total. The van der Waals surface area contributed by atoms with E-state index in [1.807, 2.05) is 0 Å². The number of methoxy groups -OCH3 is 1. The van der Waals surface area contributed by atoms with E-state index in [1.54, 1.807) is 24.4 Å². The Balaban J connectivity index is 1.29. The quantitative estimate of drug-likeness (QED) is 0.250. The second-order valence-electron chi connectivity index (χ2n) is 9.87. The van der Waals surface area contributed by atoms with Crippen molar-refractivity contribution < 1.29 is 32.6 Å². The van der Waals surface area contributed by atoms with E-state index in [0.717, 1.165) is 6.07 Å². The van der Waals surface area contributed by atoms with Gasteiger partial charge in [-0.15, -0.1) is 0 Å². The summed E-state index contributed by atoms with van der Waals surface area (Å²) in [5.74, 6) is -1.69. The summed E-state index contributed by atoms with van der Waals surface area (Å²) < 4.78 is 46.8. The molecule has 44 heavy (non-hydrogen) atoms. The van der Waals surface area contributed by atoms with Crippen molar-refractivity contribution in [1.29, 1.82) is 0 Å². The number of halogens is 2. The van der Waals surface area contributed by atoms with Crippen LogP contribution in [0.3, 0.4) is 0 Å². The standard InChI is InChI=1S/C32H24F2N4O6/c1-17(39)36-25-14-22-24(15-28(25)42-2)35-11-9-26(22)44-27-8-5-20(13-23(27)34)37-31(40)29-30-18(10-12-43-30)16-38(32(29)41)21-6-3-19(33)4-7-21/h3-9,11,13-16H,10,12H2,1-2H3,(H,36,39)(H,37,40). The van der Waals surface area contributed by atoms with Crippen molar-refractivity contribution in [3.63, 3.8) is 0 Å². The van der Waals surface area contributed by atoms with Crippen LogP contribution in [0.5, 0.6) is 23.0 Å². The Bertz CT molecular complexity index is 2010. The fraction of sp³-hybridized carbons (Fsp3) is 0.125. The number of ether oxygens (including phenoxy) is 3. The number of pyridine rings is 2. The lowest BCUT2D eigenvalue weighted by atomic mass is 10.1. The molecule has 0 fully saturated rings. The summed E-state index contributed by atoms with van der Waals surface area (Å²) >= 11 is 0. The summed E-state index contributed by atoms with van der Waals surface area (Å²) in [5.41, 5.74) is 1.03. The van der Waals surface area contributed by atoms with Crippen LogP contribution in [0.1, 0.15) is 22.8 Å². The van der Waals surface area contributed by atoms with Crippen molar-refractivity contribution in [3.8, 4) is 28.7 Å². The number of anilines is 2. The highest BCUT2D eigenvalue weighted by Gasteiger charge is 2.27. The fourth-order valence-corrected chi connectivity index (χ4v) is 4.92. The maximum absolute atomic E-state index is 15.3. The number of nitrogens with one attached hydrogen (secondary N) is 2. The zero-order chi connectivity index (χ0) is 31.0. The van der Waals surface area contributed by atoms with E-state index in [4.69, 9.17) is 14.2 Å². The number of hydrogen-bond donors (Lipinski definition) is 2. The minimum absolute atomic E-state index is 0.0699. The van der Waals surface area contributed by atoms with Gasteiger partial charge in [0.1, 0.15) is 28.6 Å². The summed E-state index contributed by atoms with van der Waals surface area (Å²) in [5, 5.41) is 5.74. The van der Waals surface area contributed by atoms with Gasteiger partial charge in [-0.2, -0.15) is 0 Å². The van der Waals surface area contributed by atoms with Crippen LogP contribution in [-0.2, 0) is 11.2 Å². The second kappa shape index (κ2) is 11.5. The Kier molecular flexibility index (Phi) is 7.39. The zero-order valence-electron chi connectivity index (χ0n) is 23.4. The molecule has 1 aliphatic rings. The summed E-state index contributed by atoms with van der Waals surface area (Å²) in [7, 11) is 1.46. The third-order valence-corrected chi connectivity index (χ3v) is 6.93. The monoisotopic (exact) mass is 598 g/mol. The first-order valence-corrected chi connectivity index (χ1v) is 13.4. The molecule has 2 amide bonds. The highest BCUT2D eigenvalue weighted by molar-refractivity contribution is 6.06. The Morgan fingerprint density at radius 3 is 2.50 bits per heavy atom. The number of rotatable bonds is 7. The van der Waals surface area contributed by atoms with Crippen LogP contribution in [0.2, 0.25) is 0 Å². The van der Waals surface area contributed by atoms with Gasteiger partial charge in [-0.25, -0.2) is 8.78 Å². The predicted molar refractivity (Wildman–Crippen MR) is 158 cm³/mol. The summed E-state index contributed by atoms with van der Waals surface area (Å²) in [6.07, 6.45) is 3.53. The number of amides is 2. The molecule has 0 saturated carbocycles. The smallest absolute Gasteiger partial charge is 0.271 e. The summed E-state index contributed by atoms with van der Waals surface area (Å²) in [6, 6.07) is 13.9. The first-order valence-electron chi connectivity index (χ1n) is 13.4. The molecule has 10 nitrogen and oxygen atoms in total. The van der Waals surface area contributed by atoms with E-state index >= 15 is 4.39 Å². The van der Waals surface area contributed by atoms with Crippen molar-refractivity contribution in [3.05, 3.63) is 106 Å². The van der Waals surface area contributed by atoms with Crippen molar-refractivity contribution in [2.24, 2.45) is 0 Å². The van der Waals surface area contributed by atoms with Crippen LogP contribution in [0.25, 0.3) is 16.6 Å². The molecule has 3 heterocycles. The predicted octanol–water partition coefficient (Wildman–Crippen LogP) is 5.61. The maximum Gasteiger partial charge on any atom is 0.271 e. The third-order valence-electron chi connectivity index (χ3n) is 6.93. The first kappa shape index (κ1) is 28.3. The average molecular weight is 599 g/mol. The molecule has 0 radical (unpaired) electrons. The molecule has 0 unspecified atom stereocenters. The van der Waals surface area contributed by atoms with Crippen LogP contribution < -0.4 is 30.4 Å². The second-order valence-corrected chi connectivity index (χ2v) is 9.87. The molecule has 5 aromatic rings. The molecule has 0 spiro atoms. The Hall–Kier alpha value is -5.78.